The predicted octanol–water partition coefficient (Wildman–Crippen LogP) is 2.30. The van der Waals surface area contributed by atoms with Gasteiger partial charge in [-0.3, -0.25) is 14.4 Å². The minimum Gasteiger partial charge on any atom is -0.352 e. The third-order valence-corrected chi connectivity index (χ3v) is 5.58. The highest BCUT2D eigenvalue weighted by molar-refractivity contribution is 5.99. The maximum atomic E-state index is 13.4. The van der Waals surface area contributed by atoms with Crippen LogP contribution in [0.15, 0.2) is 41.3 Å². The van der Waals surface area contributed by atoms with Crippen molar-refractivity contribution in [2.24, 2.45) is 5.92 Å². The number of aromatic amines is 1. The van der Waals surface area contributed by atoms with E-state index in [9.17, 15) is 18.8 Å². The molecule has 1 fully saturated rings. The first kappa shape index (κ1) is 22.7. The third kappa shape index (κ3) is 6.49. The number of carbonyl (C=O) groups is 2. The fraction of sp³-hybridized carbons (Fsp3) is 0.435. The standard InChI is InChI=1S/C23H29FN4O3/c1-28(15-17-4-2-6-19(24)12-17)23(31)20-13-18(14-27-22(20)30)21(29)26-9-3-5-16-7-10-25-11-8-16/h2,4,6,12-14,16,25H,3,5,7-11,15H2,1H3,(H,26,29)(H,27,30). The topological polar surface area (TPSA) is 94.3 Å². The smallest absolute Gasteiger partial charge is 0.260 e. The van der Waals surface area contributed by atoms with Gasteiger partial charge in [-0.05, 0) is 68.5 Å². The number of hydrogen-bond acceptors (Lipinski definition) is 4. The highest BCUT2D eigenvalue weighted by Crippen LogP contribution is 2.17. The molecule has 2 amide bonds. The van der Waals surface area contributed by atoms with E-state index in [1.807, 2.05) is 0 Å². The lowest BCUT2D eigenvalue weighted by atomic mass is 9.93. The Labute approximate surface area is 181 Å². The van der Waals surface area contributed by atoms with Crippen LogP contribution in [0, 0.1) is 11.7 Å². The Kier molecular flexibility index (Phi) is 7.94. The second-order valence-corrected chi connectivity index (χ2v) is 8.01. The van der Waals surface area contributed by atoms with Crippen LogP contribution < -0.4 is 16.2 Å². The van der Waals surface area contributed by atoms with E-state index < -0.39 is 17.3 Å². The zero-order valence-electron chi connectivity index (χ0n) is 17.7. The maximum Gasteiger partial charge on any atom is 0.260 e. The van der Waals surface area contributed by atoms with Crippen LogP contribution in [0.2, 0.25) is 0 Å². The number of hydrogen-bond donors (Lipinski definition) is 3. The number of nitrogens with one attached hydrogen (secondary N) is 3. The summed E-state index contributed by atoms with van der Waals surface area (Å²) < 4.78 is 13.4. The van der Waals surface area contributed by atoms with Crippen LogP contribution in [-0.4, -0.2) is 48.4 Å². The molecule has 0 bridgehead atoms. The molecule has 0 aliphatic carbocycles. The van der Waals surface area contributed by atoms with Gasteiger partial charge in [0.15, 0.2) is 0 Å². The Morgan fingerprint density at radius 2 is 2.00 bits per heavy atom. The molecule has 2 heterocycles. The summed E-state index contributed by atoms with van der Waals surface area (Å²) >= 11 is 0. The van der Waals surface area contributed by atoms with Gasteiger partial charge < -0.3 is 20.5 Å². The molecular weight excluding hydrogens is 399 g/mol. The van der Waals surface area contributed by atoms with Crippen LogP contribution in [0.3, 0.4) is 0 Å². The van der Waals surface area contributed by atoms with Crippen molar-refractivity contribution in [3.05, 3.63) is 69.4 Å². The van der Waals surface area contributed by atoms with Gasteiger partial charge in [-0.1, -0.05) is 12.1 Å². The van der Waals surface area contributed by atoms with Crippen molar-refractivity contribution in [1.82, 2.24) is 20.5 Å². The van der Waals surface area contributed by atoms with Crippen molar-refractivity contribution in [3.8, 4) is 0 Å². The highest BCUT2D eigenvalue weighted by Gasteiger charge is 2.19. The van der Waals surface area contributed by atoms with Crippen LogP contribution in [-0.2, 0) is 6.54 Å². The summed E-state index contributed by atoms with van der Waals surface area (Å²) in [6, 6.07) is 7.23. The van der Waals surface area contributed by atoms with Gasteiger partial charge in [0.2, 0.25) is 0 Å². The highest BCUT2D eigenvalue weighted by atomic mass is 19.1. The fourth-order valence-electron chi connectivity index (χ4n) is 3.83. The van der Waals surface area contributed by atoms with E-state index in [1.54, 1.807) is 12.1 Å². The minimum atomic E-state index is -0.571. The molecule has 1 aliphatic heterocycles. The van der Waals surface area contributed by atoms with Gasteiger partial charge in [-0.2, -0.15) is 0 Å². The average Bonchev–Trinajstić information content (AvgIpc) is 2.77. The van der Waals surface area contributed by atoms with Crippen LogP contribution in [0.5, 0.6) is 0 Å². The van der Waals surface area contributed by atoms with E-state index in [2.05, 4.69) is 15.6 Å². The van der Waals surface area contributed by atoms with Crippen molar-refractivity contribution in [3.63, 3.8) is 0 Å². The lowest BCUT2D eigenvalue weighted by molar-refractivity contribution is 0.0783. The molecule has 3 rings (SSSR count). The van der Waals surface area contributed by atoms with Crippen LogP contribution >= 0.6 is 0 Å². The number of halogens is 1. The van der Waals surface area contributed by atoms with Crippen molar-refractivity contribution in [1.29, 1.82) is 0 Å². The Morgan fingerprint density at radius 1 is 1.23 bits per heavy atom. The van der Waals surface area contributed by atoms with E-state index in [-0.39, 0.29) is 23.6 Å². The summed E-state index contributed by atoms with van der Waals surface area (Å²) in [6.07, 6.45) is 5.61. The number of nitrogens with zero attached hydrogens (tertiary/aromatic N) is 1. The van der Waals surface area contributed by atoms with Crippen LogP contribution in [0.25, 0.3) is 0 Å². The van der Waals surface area contributed by atoms with E-state index in [4.69, 9.17) is 0 Å². The molecule has 1 saturated heterocycles. The van der Waals surface area contributed by atoms with Crippen molar-refractivity contribution in [2.45, 2.75) is 32.2 Å². The van der Waals surface area contributed by atoms with Crippen LogP contribution in [0.4, 0.5) is 4.39 Å². The second-order valence-electron chi connectivity index (χ2n) is 8.01. The normalized spacial score (nSPS) is 14.3. The van der Waals surface area contributed by atoms with Gasteiger partial charge in [0.25, 0.3) is 17.4 Å². The lowest BCUT2D eigenvalue weighted by Crippen LogP contribution is -2.33. The molecule has 0 radical (unpaired) electrons. The van der Waals surface area contributed by atoms with E-state index in [0.29, 0.717) is 18.0 Å². The number of benzene rings is 1. The monoisotopic (exact) mass is 428 g/mol. The van der Waals surface area contributed by atoms with Crippen molar-refractivity contribution >= 4 is 11.8 Å². The Hall–Kier alpha value is -3.00. The molecule has 0 unspecified atom stereocenters. The van der Waals surface area contributed by atoms with Crippen molar-refractivity contribution < 1.29 is 14.0 Å². The molecule has 3 N–H and O–H groups in total. The largest absolute Gasteiger partial charge is 0.352 e. The molecule has 166 valence electrons. The fourth-order valence-corrected chi connectivity index (χ4v) is 3.83. The number of aromatic nitrogens is 1. The number of pyridine rings is 1. The van der Waals surface area contributed by atoms with Gasteiger partial charge in [-0.15, -0.1) is 0 Å². The summed E-state index contributed by atoms with van der Waals surface area (Å²) in [5.41, 5.74) is 0.138. The molecule has 0 atom stereocenters. The molecule has 1 aromatic carbocycles. The van der Waals surface area contributed by atoms with Gasteiger partial charge in [0.05, 0.1) is 5.56 Å². The third-order valence-electron chi connectivity index (χ3n) is 5.58. The Morgan fingerprint density at radius 3 is 2.74 bits per heavy atom. The molecule has 1 aromatic heterocycles. The van der Waals surface area contributed by atoms with Gasteiger partial charge in [0, 0.05) is 26.3 Å². The Bertz CT molecular complexity index is 969. The number of rotatable bonds is 8. The molecule has 2 aromatic rings. The molecule has 8 heteroatoms. The quantitative estimate of drug-likeness (QED) is 0.563. The molecule has 0 spiro atoms. The summed E-state index contributed by atoms with van der Waals surface area (Å²) in [5, 5.41) is 6.20. The molecule has 0 saturated carbocycles. The van der Waals surface area contributed by atoms with Gasteiger partial charge in [-0.25, -0.2) is 4.39 Å². The first-order valence-electron chi connectivity index (χ1n) is 10.7. The summed E-state index contributed by atoms with van der Waals surface area (Å²) in [6.45, 7) is 2.80. The maximum absolute atomic E-state index is 13.4. The minimum absolute atomic E-state index is 0.124. The number of amides is 2. The summed E-state index contributed by atoms with van der Waals surface area (Å²) in [4.78, 5) is 41.2. The van der Waals surface area contributed by atoms with Crippen LogP contribution in [0.1, 0.15) is 52.0 Å². The summed E-state index contributed by atoms with van der Waals surface area (Å²) in [7, 11) is 1.53. The molecule has 31 heavy (non-hydrogen) atoms. The zero-order valence-corrected chi connectivity index (χ0v) is 17.7. The van der Waals surface area contributed by atoms with E-state index in [0.717, 1.165) is 25.9 Å². The Balaban J connectivity index is 1.57. The molecule has 7 nitrogen and oxygen atoms in total. The average molecular weight is 429 g/mol. The molecule has 1 aliphatic rings. The molecular formula is C23H29FN4O3. The van der Waals surface area contributed by atoms with E-state index in [1.165, 1.54) is 49.2 Å². The first-order valence-corrected chi connectivity index (χ1v) is 10.7. The SMILES string of the molecule is CN(Cc1cccc(F)c1)C(=O)c1cc(C(=O)NCCCC2CCNCC2)c[nH]c1=O. The number of carbonyl (C=O) groups excluding carboxylic acids is 2. The van der Waals surface area contributed by atoms with E-state index >= 15 is 0 Å². The zero-order chi connectivity index (χ0) is 22.2. The first-order chi connectivity index (χ1) is 14.9. The second kappa shape index (κ2) is 10.9. The van der Waals surface area contributed by atoms with Gasteiger partial charge >= 0.3 is 0 Å². The number of piperidine rings is 1. The summed E-state index contributed by atoms with van der Waals surface area (Å²) in [5.74, 6) is -0.562. The number of H-pyrrole nitrogens is 1. The predicted molar refractivity (Wildman–Crippen MR) is 116 cm³/mol. The van der Waals surface area contributed by atoms with Crippen molar-refractivity contribution in [2.75, 3.05) is 26.7 Å². The van der Waals surface area contributed by atoms with Gasteiger partial charge in [0.1, 0.15) is 11.4 Å². The lowest BCUT2D eigenvalue weighted by Gasteiger charge is -2.22.